The topological polar surface area (TPSA) is 69.7 Å². The number of thioether (sulfide) groups is 1. The van der Waals surface area contributed by atoms with Gasteiger partial charge in [0.05, 0.1) is 16.2 Å². The van der Waals surface area contributed by atoms with E-state index in [1.54, 1.807) is 47.9 Å². The van der Waals surface area contributed by atoms with Crippen molar-refractivity contribution in [1.29, 1.82) is 0 Å². The molecule has 2 aromatic carbocycles. The van der Waals surface area contributed by atoms with Gasteiger partial charge in [0.25, 0.3) is 5.91 Å². The van der Waals surface area contributed by atoms with E-state index in [1.807, 2.05) is 6.92 Å². The first-order valence-electron chi connectivity index (χ1n) is 9.89. The highest BCUT2D eigenvalue weighted by atomic mass is 32.2. The van der Waals surface area contributed by atoms with Crippen molar-refractivity contribution in [2.45, 2.75) is 35.2 Å². The van der Waals surface area contributed by atoms with Crippen LogP contribution in [-0.2, 0) is 9.84 Å². The SMILES string of the molecule is CCS(=O)(=O)c1ccccc1C(=O)N1CCN(C2Nc3ccc(F)cc3S2)CC1C. The van der Waals surface area contributed by atoms with Crippen LogP contribution in [-0.4, -0.2) is 61.1 Å². The van der Waals surface area contributed by atoms with Crippen LogP contribution >= 0.6 is 11.8 Å². The number of benzene rings is 2. The summed E-state index contributed by atoms with van der Waals surface area (Å²) in [6.07, 6.45) is 0. The van der Waals surface area contributed by atoms with Gasteiger partial charge in [-0.25, -0.2) is 12.8 Å². The van der Waals surface area contributed by atoms with E-state index in [-0.39, 0.29) is 39.5 Å². The monoisotopic (exact) mass is 449 g/mol. The summed E-state index contributed by atoms with van der Waals surface area (Å²) < 4.78 is 38.4. The predicted octanol–water partition coefficient (Wildman–Crippen LogP) is 3.27. The van der Waals surface area contributed by atoms with E-state index < -0.39 is 9.84 Å². The second-order valence-corrected chi connectivity index (χ2v) is 10.9. The molecule has 2 unspecified atom stereocenters. The molecule has 1 amide bonds. The first-order valence-corrected chi connectivity index (χ1v) is 12.4. The normalized spacial score (nSPS) is 21.9. The Bertz CT molecular complexity index is 1080. The van der Waals surface area contributed by atoms with Crippen LogP contribution in [0.15, 0.2) is 52.3 Å². The Morgan fingerprint density at radius 1 is 1.23 bits per heavy atom. The number of rotatable bonds is 4. The zero-order chi connectivity index (χ0) is 21.5. The van der Waals surface area contributed by atoms with E-state index in [0.29, 0.717) is 19.6 Å². The van der Waals surface area contributed by atoms with Crippen molar-refractivity contribution in [2.24, 2.45) is 0 Å². The fraction of sp³-hybridized carbons (Fsp3) is 0.381. The molecule has 30 heavy (non-hydrogen) atoms. The lowest BCUT2D eigenvalue weighted by atomic mass is 10.1. The number of piperazine rings is 1. The summed E-state index contributed by atoms with van der Waals surface area (Å²) in [5.41, 5.74) is 1.13. The molecule has 0 bridgehead atoms. The molecule has 9 heteroatoms. The van der Waals surface area contributed by atoms with Crippen molar-refractivity contribution in [3.8, 4) is 0 Å². The molecule has 1 N–H and O–H groups in total. The van der Waals surface area contributed by atoms with Gasteiger partial charge in [0.1, 0.15) is 11.3 Å². The molecule has 0 spiro atoms. The minimum Gasteiger partial charge on any atom is -0.360 e. The molecule has 2 heterocycles. The third kappa shape index (κ3) is 3.93. The Labute approximate surface area is 180 Å². The lowest BCUT2D eigenvalue weighted by Gasteiger charge is -2.42. The summed E-state index contributed by atoms with van der Waals surface area (Å²) in [5.74, 6) is -0.563. The number of carbonyl (C=O) groups is 1. The summed E-state index contributed by atoms with van der Waals surface area (Å²) in [7, 11) is -3.49. The summed E-state index contributed by atoms with van der Waals surface area (Å²) in [5, 5.41) is 3.40. The summed E-state index contributed by atoms with van der Waals surface area (Å²) in [4.78, 5) is 18.2. The van der Waals surface area contributed by atoms with E-state index in [0.717, 1.165) is 10.6 Å². The number of nitrogens with one attached hydrogen (secondary N) is 1. The van der Waals surface area contributed by atoms with Crippen LogP contribution in [0.1, 0.15) is 24.2 Å². The molecule has 1 fully saturated rings. The lowest BCUT2D eigenvalue weighted by molar-refractivity contribution is 0.0481. The van der Waals surface area contributed by atoms with Gasteiger partial charge in [0.15, 0.2) is 9.84 Å². The quantitative estimate of drug-likeness (QED) is 0.773. The summed E-state index contributed by atoms with van der Waals surface area (Å²) in [6, 6.07) is 11.0. The molecule has 0 aliphatic carbocycles. The van der Waals surface area contributed by atoms with Crippen LogP contribution < -0.4 is 5.32 Å². The number of hydrogen-bond acceptors (Lipinski definition) is 6. The molecule has 160 valence electrons. The Morgan fingerprint density at radius 2 is 2.00 bits per heavy atom. The molecular formula is C21H24FN3O3S2. The van der Waals surface area contributed by atoms with Crippen LogP contribution in [0, 0.1) is 5.82 Å². The van der Waals surface area contributed by atoms with E-state index in [4.69, 9.17) is 0 Å². The molecule has 0 aromatic heterocycles. The minimum atomic E-state index is -3.49. The Balaban J connectivity index is 1.48. The third-order valence-electron chi connectivity index (χ3n) is 5.55. The van der Waals surface area contributed by atoms with Gasteiger partial charge in [0, 0.05) is 36.3 Å². The fourth-order valence-corrected chi connectivity index (χ4v) is 6.18. The van der Waals surface area contributed by atoms with Gasteiger partial charge in [-0.2, -0.15) is 0 Å². The maximum atomic E-state index is 13.5. The van der Waals surface area contributed by atoms with E-state index in [9.17, 15) is 17.6 Å². The Morgan fingerprint density at radius 3 is 2.73 bits per heavy atom. The molecule has 2 aromatic rings. The molecule has 2 aliphatic rings. The van der Waals surface area contributed by atoms with E-state index in [2.05, 4.69) is 10.2 Å². The van der Waals surface area contributed by atoms with Crippen LogP contribution in [0.2, 0.25) is 0 Å². The second kappa shape index (κ2) is 8.20. The molecule has 1 saturated heterocycles. The van der Waals surface area contributed by atoms with Crippen LogP contribution in [0.3, 0.4) is 0 Å². The van der Waals surface area contributed by atoms with E-state index in [1.165, 1.54) is 18.2 Å². The average Bonchev–Trinajstić information content (AvgIpc) is 3.16. The van der Waals surface area contributed by atoms with E-state index >= 15 is 0 Å². The second-order valence-electron chi connectivity index (χ2n) is 7.50. The highest BCUT2D eigenvalue weighted by molar-refractivity contribution is 8.00. The van der Waals surface area contributed by atoms with Crippen LogP contribution in [0.5, 0.6) is 0 Å². The largest absolute Gasteiger partial charge is 0.360 e. The highest BCUT2D eigenvalue weighted by Crippen LogP contribution is 2.40. The van der Waals surface area contributed by atoms with Crippen LogP contribution in [0.25, 0.3) is 0 Å². The van der Waals surface area contributed by atoms with Crippen LogP contribution in [0.4, 0.5) is 10.1 Å². The number of halogens is 1. The smallest absolute Gasteiger partial charge is 0.255 e. The molecular weight excluding hydrogens is 425 g/mol. The third-order valence-corrected chi connectivity index (χ3v) is 8.56. The first kappa shape index (κ1) is 21.1. The van der Waals surface area contributed by atoms with Gasteiger partial charge in [-0.05, 0) is 37.3 Å². The fourth-order valence-electron chi connectivity index (χ4n) is 3.89. The van der Waals surface area contributed by atoms with Gasteiger partial charge in [0.2, 0.25) is 0 Å². The van der Waals surface area contributed by atoms with Crippen molar-refractivity contribution in [3.63, 3.8) is 0 Å². The number of fused-ring (bicyclic) bond motifs is 1. The summed E-state index contributed by atoms with van der Waals surface area (Å²) in [6.45, 7) is 5.31. The van der Waals surface area contributed by atoms with Crippen molar-refractivity contribution in [2.75, 3.05) is 30.7 Å². The summed E-state index contributed by atoms with van der Waals surface area (Å²) >= 11 is 1.57. The number of anilines is 1. The van der Waals surface area contributed by atoms with Gasteiger partial charge in [-0.3, -0.25) is 9.69 Å². The van der Waals surface area contributed by atoms with Crippen molar-refractivity contribution < 1.29 is 17.6 Å². The number of carbonyl (C=O) groups excluding carboxylic acids is 1. The molecule has 4 rings (SSSR count). The molecule has 0 saturated carbocycles. The first-order chi connectivity index (χ1) is 14.3. The van der Waals surface area contributed by atoms with Gasteiger partial charge >= 0.3 is 0 Å². The zero-order valence-corrected chi connectivity index (χ0v) is 18.5. The highest BCUT2D eigenvalue weighted by Gasteiger charge is 2.35. The number of nitrogens with zero attached hydrogens (tertiary/aromatic N) is 2. The molecule has 2 aliphatic heterocycles. The lowest BCUT2D eigenvalue weighted by Crippen LogP contribution is -2.56. The zero-order valence-electron chi connectivity index (χ0n) is 16.8. The Hall–Kier alpha value is -2.10. The molecule has 2 atom stereocenters. The van der Waals surface area contributed by atoms with Gasteiger partial charge in [-0.1, -0.05) is 30.8 Å². The van der Waals surface area contributed by atoms with Gasteiger partial charge in [-0.15, -0.1) is 0 Å². The maximum Gasteiger partial charge on any atom is 0.255 e. The number of amides is 1. The average molecular weight is 450 g/mol. The minimum absolute atomic E-state index is 0.0192. The molecule has 0 radical (unpaired) electrons. The predicted molar refractivity (Wildman–Crippen MR) is 116 cm³/mol. The van der Waals surface area contributed by atoms with Crippen molar-refractivity contribution in [3.05, 3.63) is 53.8 Å². The van der Waals surface area contributed by atoms with Crippen molar-refractivity contribution >= 4 is 33.2 Å². The van der Waals surface area contributed by atoms with Gasteiger partial charge < -0.3 is 10.2 Å². The van der Waals surface area contributed by atoms with Crippen molar-refractivity contribution in [1.82, 2.24) is 9.80 Å². The number of hydrogen-bond donors (Lipinski definition) is 1. The molecule has 6 nitrogen and oxygen atoms in total. The maximum absolute atomic E-state index is 13.5. The number of sulfone groups is 1. The Kier molecular flexibility index (Phi) is 5.78. The standard InChI is InChI=1S/C21H24FN3O3S2/c1-3-30(27,28)19-7-5-4-6-16(19)20(26)25-11-10-24(13-14(25)2)21-23-17-9-8-15(22)12-18(17)29-21/h4-9,12,14,21,23H,3,10-11,13H2,1-2H3.